The summed E-state index contributed by atoms with van der Waals surface area (Å²) in [5.41, 5.74) is 1.64. The number of aromatic carboxylic acids is 1. The van der Waals surface area contributed by atoms with Gasteiger partial charge in [0.2, 0.25) is 0 Å². The van der Waals surface area contributed by atoms with Crippen LogP contribution in [0.5, 0.6) is 0 Å². The number of piperazine rings is 1. The van der Waals surface area contributed by atoms with Crippen molar-refractivity contribution in [2.75, 3.05) is 45.8 Å². The lowest BCUT2D eigenvalue weighted by Gasteiger charge is -2.36. The van der Waals surface area contributed by atoms with Gasteiger partial charge in [-0.3, -0.25) is 19.3 Å². The molecule has 3 heterocycles. The number of aromatic nitrogens is 2. The summed E-state index contributed by atoms with van der Waals surface area (Å²) in [5, 5.41) is 13.0. The largest absolute Gasteiger partial charge is 0.476 e. The van der Waals surface area contributed by atoms with Gasteiger partial charge in [0.25, 0.3) is 5.91 Å². The van der Waals surface area contributed by atoms with Crippen LogP contribution >= 0.6 is 0 Å². The zero-order valence-corrected chi connectivity index (χ0v) is 15.8. The fourth-order valence-electron chi connectivity index (χ4n) is 3.83. The molecule has 148 valence electrons. The number of hydrogen-bond acceptors (Lipinski definition) is 5. The molecule has 0 saturated carbocycles. The van der Waals surface area contributed by atoms with Crippen molar-refractivity contribution in [2.24, 2.45) is 0 Å². The van der Waals surface area contributed by atoms with Crippen molar-refractivity contribution in [3.05, 3.63) is 53.3 Å². The highest BCUT2D eigenvalue weighted by atomic mass is 16.4. The third kappa shape index (κ3) is 4.07. The van der Waals surface area contributed by atoms with E-state index < -0.39 is 5.97 Å². The molecule has 0 radical (unpaired) electrons. The Balaban J connectivity index is 1.25. The number of carboxylic acids is 1. The van der Waals surface area contributed by atoms with Crippen molar-refractivity contribution in [1.82, 2.24) is 24.5 Å². The second kappa shape index (κ2) is 8.12. The van der Waals surface area contributed by atoms with Crippen LogP contribution in [0.15, 0.2) is 36.4 Å². The zero-order valence-electron chi connectivity index (χ0n) is 15.8. The summed E-state index contributed by atoms with van der Waals surface area (Å²) in [6.07, 6.45) is 0. The van der Waals surface area contributed by atoms with Gasteiger partial charge in [-0.1, -0.05) is 30.3 Å². The first-order chi connectivity index (χ1) is 13.6. The molecule has 2 aromatic rings. The Hall–Kier alpha value is -2.71. The number of carbonyl (C=O) groups excluding carboxylic acids is 1. The molecule has 0 aliphatic carbocycles. The molecule has 8 heteroatoms. The number of nitrogens with zero attached hydrogens (tertiary/aromatic N) is 5. The minimum Gasteiger partial charge on any atom is -0.476 e. The second-order valence-corrected chi connectivity index (χ2v) is 7.34. The van der Waals surface area contributed by atoms with Gasteiger partial charge >= 0.3 is 5.97 Å². The summed E-state index contributed by atoms with van der Waals surface area (Å²) in [7, 11) is 0. The SMILES string of the molecule is O=C(O)c1cc2n(n1)CCN(CCN1CCN(Cc3ccccc3)CC1)C2=O. The van der Waals surface area contributed by atoms with E-state index >= 15 is 0 Å². The topological polar surface area (TPSA) is 81.9 Å². The van der Waals surface area contributed by atoms with Crippen LogP contribution in [-0.2, 0) is 13.1 Å². The molecule has 0 spiro atoms. The van der Waals surface area contributed by atoms with Crippen LogP contribution in [-0.4, -0.2) is 87.3 Å². The predicted molar refractivity (Wildman–Crippen MR) is 103 cm³/mol. The molecule has 8 nitrogen and oxygen atoms in total. The smallest absolute Gasteiger partial charge is 0.356 e. The van der Waals surface area contributed by atoms with Gasteiger partial charge < -0.3 is 10.0 Å². The van der Waals surface area contributed by atoms with Crippen LogP contribution in [0, 0.1) is 0 Å². The van der Waals surface area contributed by atoms with Crippen molar-refractivity contribution in [3.8, 4) is 0 Å². The third-order valence-corrected chi connectivity index (χ3v) is 5.49. The minimum absolute atomic E-state index is 0.0697. The molecule has 1 aromatic heterocycles. The first-order valence-corrected chi connectivity index (χ1v) is 9.69. The molecule has 2 aliphatic heterocycles. The van der Waals surface area contributed by atoms with Gasteiger partial charge in [0.1, 0.15) is 5.69 Å². The van der Waals surface area contributed by atoms with E-state index in [0.717, 1.165) is 39.3 Å². The molecule has 1 N–H and O–H groups in total. The molecule has 28 heavy (non-hydrogen) atoms. The highest BCUT2D eigenvalue weighted by molar-refractivity contribution is 5.96. The van der Waals surface area contributed by atoms with Crippen LogP contribution < -0.4 is 0 Å². The van der Waals surface area contributed by atoms with Gasteiger partial charge in [-0.15, -0.1) is 0 Å². The fourth-order valence-corrected chi connectivity index (χ4v) is 3.83. The quantitative estimate of drug-likeness (QED) is 0.797. The Labute approximate surface area is 163 Å². The van der Waals surface area contributed by atoms with E-state index in [1.807, 2.05) is 6.07 Å². The van der Waals surface area contributed by atoms with Gasteiger partial charge in [0.05, 0.1) is 6.54 Å². The predicted octanol–water partition coefficient (Wildman–Crippen LogP) is 0.855. The standard InChI is InChI=1S/C20H25N5O3/c26-19-18-14-17(20(27)28)21-25(18)13-12-24(19)11-10-22-6-8-23(9-7-22)15-16-4-2-1-3-5-16/h1-5,14H,6-13,15H2,(H,27,28). The van der Waals surface area contributed by atoms with Gasteiger partial charge in [-0.25, -0.2) is 4.79 Å². The first-order valence-electron chi connectivity index (χ1n) is 9.69. The molecule has 0 atom stereocenters. The Morgan fingerprint density at radius 3 is 2.39 bits per heavy atom. The lowest BCUT2D eigenvalue weighted by Crippen LogP contribution is -2.49. The number of hydrogen-bond donors (Lipinski definition) is 1. The minimum atomic E-state index is -1.10. The molecule has 4 rings (SSSR count). The van der Waals surface area contributed by atoms with Crippen LogP contribution in [0.3, 0.4) is 0 Å². The second-order valence-electron chi connectivity index (χ2n) is 7.34. The Bertz CT molecular complexity index is 843. The average molecular weight is 383 g/mol. The summed E-state index contributed by atoms with van der Waals surface area (Å²) in [5.74, 6) is -1.23. The lowest BCUT2D eigenvalue weighted by molar-refractivity contribution is 0.0639. The zero-order chi connectivity index (χ0) is 19.5. The van der Waals surface area contributed by atoms with E-state index in [9.17, 15) is 9.59 Å². The molecular weight excluding hydrogens is 358 g/mol. The fraction of sp³-hybridized carbons (Fsp3) is 0.450. The molecule has 0 unspecified atom stereocenters. The van der Waals surface area contributed by atoms with Gasteiger partial charge in [0, 0.05) is 58.4 Å². The molecule has 1 aromatic carbocycles. The summed E-state index contributed by atoms with van der Waals surface area (Å²) in [6.45, 7) is 7.63. The van der Waals surface area contributed by atoms with E-state index in [1.165, 1.54) is 16.3 Å². The number of benzene rings is 1. The lowest BCUT2D eigenvalue weighted by atomic mass is 10.2. The van der Waals surface area contributed by atoms with Crippen molar-refractivity contribution in [3.63, 3.8) is 0 Å². The van der Waals surface area contributed by atoms with Crippen molar-refractivity contribution in [2.45, 2.75) is 13.1 Å². The van der Waals surface area contributed by atoms with E-state index in [-0.39, 0.29) is 11.6 Å². The number of fused-ring (bicyclic) bond motifs is 1. The number of amides is 1. The monoisotopic (exact) mass is 383 g/mol. The molecule has 1 saturated heterocycles. The highest BCUT2D eigenvalue weighted by Gasteiger charge is 2.28. The van der Waals surface area contributed by atoms with Crippen molar-refractivity contribution in [1.29, 1.82) is 0 Å². The maximum Gasteiger partial charge on any atom is 0.356 e. The highest BCUT2D eigenvalue weighted by Crippen LogP contribution is 2.14. The summed E-state index contributed by atoms with van der Waals surface area (Å²) < 4.78 is 1.50. The maximum atomic E-state index is 12.6. The van der Waals surface area contributed by atoms with Crippen molar-refractivity contribution >= 4 is 11.9 Å². The molecule has 1 amide bonds. The Morgan fingerprint density at radius 2 is 1.68 bits per heavy atom. The van der Waals surface area contributed by atoms with Gasteiger partial charge in [-0.05, 0) is 5.56 Å². The van der Waals surface area contributed by atoms with Crippen LogP contribution in [0.25, 0.3) is 0 Å². The maximum absolute atomic E-state index is 12.6. The van der Waals surface area contributed by atoms with Crippen LogP contribution in [0.2, 0.25) is 0 Å². The third-order valence-electron chi connectivity index (χ3n) is 5.49. The van der Waals surface area contributed by atoms with Gasteiger partial charge in [0.15, 0.2) is 5.69 Å². The van der Waals surface area contributed by atoms with E-state index in [4.69, 9.17) is 5.11 Å². The van der Waals surface area contributed by atoms with Crippen molar-refractivity contribution < 1.29 is 14.7 Å². The van der Waals surface area contributed by atoms with E-state index in [2.05, 4.69) is 39.2 Å². The van der Waals surface area contributed by atoms with Crippen LogP contribution in [0.1, 0.15) is 26.5 Å². The summed E-state index contributed by atoms with van der Waals surface area (Å²) in [4.78, 5) is 30.4. The molecular formula is C20H25N5O3. The first kappa shape index (κ1) is 18.6. The van der Waals surface area contributed by atoms with Gasteiger partial charge in [-0.2, -0.15) is 5.10 Å². The average Bonchev–Trinajstić information content (AvgIpc) is 3.15. The summed E-state index contributed by atoms with van der Waals surface area (Å²) >= 11 is 0. The normalized spacial score (nSPS) is 18.3. The number of carboxylic acid groups (broad SMARTS) is 1. The Morgan fingerprint density at radius 1 is 0.964 bits per heavy atom. The number of carbonyl (C=O) groups is 2. The van der Waals surface area contributed by atoms with Crippen LogP contribution in [0.4, 0.5) is 0 Å². The number of rotatable bonds is 6. The van der Waals surface area contributed by atoms with E-state index in [1.54, 1.807) is 4.90 Å². The van der Waals surface area contributed by atoms with E-state index in [0.29, 0.717) is 25.3 Å². The molecule has 1 fully saturated rings. The summed E-state index contributed by atoms with van der Waals surface area (Å²) in [6, 6.07) is 11.9. The molecule has 0 bridgehead atoms. The Kier molecular flexibility index (Phi) is 5.40. The molecule has 2 aliphatic rings.